The lowest BCUT2D eigenvalue weighted by atomic mass is 10.0. The summed E-state index contributed by atoms with van der Waals surface area (Å²) in [5.41, 5.74) is 1.44. The van der Waals surface area contributed by atoms with Gasteiger partial charge < -0.3 is 4.74 Å². The zero-order valence-electron chi connectivity index (χ0n) is 9.92. The molecule has 0 aromatic heterocycles. The van der Waals surface area contributed by atoms with Crippen LogP contribution < -0.4 is 0 Å². The van der Waals surface area contributed by atoms with Crippen molar-refractivity contribution in [3.63, 3.8) is 0 Å². The molecule has 88 valence electrons. The molecule has 0 amide bonds. The first-order chi connectivity index (χ1) is 7.54. The topological polar surface area (TPSA) is 26.3 Å². The third-order valence-corrected chi connectivity index (χ3v) is 2.47. The van der Waals surface area contributed by atoms with Gasteiger partial charge in [0.25, 0.3) is 0 Å². The Bertz CT molecular complexity index is 374. The number of benzene rings is 1. The molecule has 0 heterocycles. The van der Waals surface area contributed by atoms with Gasteiger partial charge in [0.2, 0.25) is 0 Å². The zero-order chi connectivity index (χ0) is 12.1. The Hall–Kier alpha value is -1.38. The summed E-state index contributed by atoms with van der Waals surface area (Å²) in [6, 6.07) is 5.04. The van der Waals surface area contributed by atoms with E-state index in [4.69, 9.17) is 4.74 Å². The van der Waals surface area contributed by atoms with Crippen LogP contribution in [0.4, 0.5) is 4.39 Å². The van der Waals surface area contributed by atoms with E-state index in [1.807, 2.05) is 6.07 Å². The molecule has 1 rings (SSSR count). The van der Waals surface area contributed by atoms with Crippen LogP contribution in [-0.4, -0.2) is 12.6 Å². The van der Waals surface area contributed by atoms with Crippen molar-refractivity contribution in [1.82, 2.24) is 0 Å². The summed E-state index contributed by atoms with van der Waals surface area (Å²) < 4.78 is 18.2. The molecule has 2 nitrogen and oxygen atoms in total. The molecule has 1 aromatic carbocycles. The van der Waals surface area contributed by atoms with E-state index >= 15 is 0 Å². The van der Waals surface area contributed by atoms with Gasteiger partial charge in [-0.1, -0.05) is 19.1 Å². The van der Waals surface area contributed by atoms with E-state index in [0.717, 1.165) is 5.56 Å². The molecule has 0 aliphatic rings. The number of hydrogen-bond acceptors (Lipinski definition) is 2. The van der Waals surface area contributed by atoms with Crippen molar-refractivity contribution in [3.05, 3.63) is 35.1 Å². The highest BCUT2D eigenvalue weighted by Gasteiger charge is 2.14. The van der Waals surface area contributed by atoms with Crippen molar-refractivity contribution in [1.29, 1.82) is 0 Å². The van der Waals surface area contributed by atoms with Crippen molar-refractivity contribution in [2.75, 3.05) is 6.61 Å². The van der Waals surface area contributed by atoms with E-state index in [9.17, 15) is 9.18 Å². The van der Waals surface area contributed by atoms with Gasteiger partial charge in [-0.15, -0.1) is 0 Å². The summed E-state index contributed by atoms with van der Waals surface area (Å²) in [7, 11) is 0. The maximum absolute atomic E-state index is 13.3. The molecule has 0 spiro atoms. The van der Waals surface area contributed by atoms with Crippen molar-refractivity contribution in [3.8, 4) is 0 Å². The first-order valence-electron chi connectivity index (χ1n) is 5.46. The maximum atomic E-state index is 13.3. The summed E-state index contributed by atoms with van der Waals surface area (Å²) in [5.74, 6) is -0.695. The number of esters is 1. The lowest BCUT2D eigenvalue weighted by Crippen LogP contribution is -2.17. The number of carbonyl (C=O) groups is 1. The molecule has 1 unspecified atom stereocenters. The van der Waals surface area contributed by atoms with Crippen molar-refractivity contribution in [2.45, 2.75) is 27.2 Å². The van der Waals surface area contributed by atoms with Crippen molar-refractivity contribution < 1.29 is 13.9 Å². The number of rotatable bonds is 4. The molecule has 0 bridgehead atoms. The highest BCUT2D eigenvalue weighted by Crippen LogP contribution is 2.14. The fourth-order valence-electron chi connectivity index (χ4n) is 1.48. The van der Waals surface area contributed by atoms with Gasteiger partial charge in [0.1, 0.15) is 5.82 Å². The summed E-state index contributed by atoms with van der Waals surface area (Å²) in [5, 5.41) is 0. The largest absolute Gasteiger partial charge is 0.466 e. The van der Waals surface area contributed by atoms with Crippen LogP contribution in [-0.2, 0) is 16.0 Å². The lowest BCUT2D eigenvalue weighted by Gasteiger charge is -2.10. The summed E-state index contributed by atoms with van der Waals surface area (Å²) in [6.07, 6.45) is 0.510. The maximum Gasteiger partial charge on any atom is 0.308 e. The second-order valence-electron chi connectivity index (χ2n) is 3.94. The number of halogens is 1. The van der Waals surface area contributed by atoms with E-state index in [2.05, 4.69) is 0 Å². The molecule has 1 atom stereocenters. The Balaban J connectivity index is 2.66. The minimum Gasteiger partial charge on any atom is -0.466 e. The number of ether oxygens (including phenoxy) is 1. The van der Waals surface area contributed by atoms with Crippen LogP contribution in [0, 0.1) is 18.7 Å². The van der Waals surface area contributed by atoms with Crippen molar-refractivity contribution >= 4 is 5.97 Å². The van der Waals surface area contributed by atoms with E-state index in [1.54, 1.807) is 26.8 Å². The van der Waals surface area contributed by atoms with Crippen LogP contribution in [0.2, 0.25) is 0 Å². The number of carbonyl (C=O) groups excluding carboxylic acids is 1. The van der Waals surface area contributed by atoms with Gasteiger partial charge in [0.05, 0.1) is 12.5 Å². The fourth-order valence-corrected chi connectivity index (χ4v) is 1.48. The number of aryl methyl sites for hydroxylation is 1. The molecule has 16 heavy (non-hydrogen) atoms. The molecular formula is C13H17FO2. The van der Waals surface area contributed by atoms with Crippen LogP contribution >= 0.6 is 0 Å². The first kappa shape index (κ1) is 12.7. The van der Waals surface area contributed by atoms with E-state index in [-0.39, 0.29) is 17.7 Å². The minimum atomic E-state index is -0.234. The molecular weight excluding hydrogens is 207 g/mol. The second-order valence-corrected chi connectivity index (χ2v) is 3.94. The first-order valence-corrected chi connectivity index (χ1v) is 5.46. The Labute approximate surface area is 95.4 Å². The Morgan fingerprint density at radius 3 is 2.75 bits per heavy atom. The molecule has 0 aliphatic heterocycles. The van der Waals surface area contributed by atoms with Gasteiger partial charge in [0, 0.05) is 0 Å². The monoisotopic (exact) mass is 224 g/mol. The van der Waals surface area contributed by atoms with Gasteiger partial charge in [-0.05, 0) is 37.5 Å². The average Bonchev–Trinajstić information content (AvgIpc) is 2.24. The average molecular weight is 224 g/mol. The summed E-state index contributed by atoms with van der Waals surface area (Å²) in [4.78, 5) is 11.4. The summed E-state index contributed by atoms with van der Waals surface area (Å²) >= 11 is 0. The van der Waals surface area contributed by atoms with Crippen LogP contribution in [0.1, 0.15) is 25.0 Å². The Morgan fingerprint density at radius 1 is 1.50 bits per heavy atom. The van der Waals surface area contributed by atoms with E-state index in [0.29, 0.717) is 18.6 Å². The quantitative estimate of drug-likeness (QED) is 0.735. The van der Waals surface area contributed by atoms with Gasteiger partial charge in [-0.2, -0.15) is 0 Å². The summed E-state index contributed by atoms with van der Waals surface area (Å²) in [6.45, 7) is 5.66. The van der Waals surface area contributed by atoms with E-state index in [1.165, 1.54) is 6.07 Å². The highest BCUT2D eigenvalue weighted by molar-refractivity contribution is 5.72. The van der Waals surface area contributed by atoms with Gasteiger partial charge in [-0.25, -0.2) is 4.39 Å². The zero-order valence-corrected chi connectivity index (χ0v) is 9.92. The van der Waals surface area contributed by atoms with Crippen LogP contribution in [0.5, 0.6) is 0 Å². The molecule has 0 saturated heterocycles. The molecule has 0 aliphatic carbocycles. The minimum absolute atomic E-state index is 0.228. The molecule has 3 heteroatoms. The Kier molecular flexibility index (Phi) is 4.47. The number of hydrogen-bond donors (Lipinski definition) is 0. The molecule has 0 saturated carbocycles. The normalized spacial score (nSPS) is 12.2. The smallest absolute Gasteiger partial charge is 0.308 e. The van der Waals surface area contributed by atoms with Crippen LogP contribution in [0.3, 0.4) is 0 Å². The SMILES string of the molecule is CCOC(=O)C(C)Cc1ccc(C)c(F)c1. The van der Waals surface area contributed by atoms with Crippen LogP contribution in [0.25, 0.3) is 0 Å². The van der Waals surface area contributed by atoms with E-state index < -0.39 is 0 Å². The predicted molar refractivity (Wildman–Crippen MR) is 60.6 cm³/mol. The van der Waals surface area contributed by atoms with Gasteiger partial charge in [-0.3, -0.25) is 4.79 Å². The van der Waals surface area contributed by atoms with Crippen molar-refractivity contribution in [2.24, 2.45) is 5.92 Å². The fraction of sp³-hybridized carbons (Fsp3) is 0.462. The Morgan fingerprint density at radius 2 is 2.19 bits per heavy atom. The van der Waals surface area contributed by atoms with Gasteiger partial charge in [0.15, 0.2) is 0 Å². The molecule has 0 N–H and O–H groups in total. The predicted octanol–water partition coefficient (Wildman–Crippen LogP) is 2.88. The lowest BCUT2D eigenvalue weighted by molar-refractivity contribution is -0.147. The third kappa shape index (κ3) is 3.33. The highest BCUT2D eigenvalue weighted by atomic mass is 19.1. The standard InChI is InChI=1S/C13H17FO2/c1-4-16-13(15)10(3)7-11-6-5-9(2)12(14)8-11/h5-6,8,10H,4,7H2,1-3H3. The van der Waals surface area contributed by atoms with Gasteiger partial charge >= 0.3 is 5.97 Å². The molecule has 0 fully saturated rings. The second kappa shape index (κ2) is 5.64. The third-order valence-electron chi connectivity index (χ3n) is 2.47. The molecule has 0 radical (unpaired) electrons. The van der Waals surface area contributed by atoms with Crippen LogP contribution in [0.15, 0.2) is 18.2 Å². The molecule has 1 aromatic rings.